The van der Waals surface area contributed by atoms with E-state index in [4.69, 9.17) is 4.74 Å². The highest BCUT2D eigenvalue weighted by atomic mass is 19.4. The fraction of sp³-hybridized carbons (Fsp3) is 0.562. The van der Waals surface area contributed by atoms with Gasteiger partial charge >= 0.3 is 6.18 Å². The number of carbonyl (C=O) groups is 1. The molecular formula is C16H20F3NO3. The number of ether oxygens (including phenoxy) is 1. The van der Waals surface area contributed by atoms with Gasteiger partial charge in [0.2, 0.25) is 5.91 Å². The van der Waals surface area contributed by atoms with Gasteiger partial charge in [-0.2, -0.15) is 13.2 Å². The van der Waals surface area contributed by atoms with E-state index in [0.717, 1.165) is 18.6 Å². The van der Waals surface area contributed by atoms with Crippen molar-refractivity contribution >= 4 is 11.6 Å². The number of hydrogen-bond acceptors (Lipinski definition) is 3. The second-order valence-electron chi connectivity index (χ2n) is 5.65. The Labute approximate surface area is 132 Å². The standard InChI is InChI=1S/C16H20F3NO3/c1-2-8-23-14-7-6-10(16(17,18)19)9-12(14)20-15(22)11-4-3-5-13(11)21/h6-7,9,11,13,21H,2-5,8H2,1H3,(H,20,22). The normalized spacial score (nSPS) is 21.3. The first-order valence-corrected chi connectivity index (χ1v) is 7.66. The van der Waals surface area contributed by atoms with E-state index in [1.54, 1.807) is 0 Å². The van der Waals surface area contributed by atoms with E-state index in [1.165, 1.54) is 6.07 Å². The van der Waals surface area contributed by atoms with Crippen molar-refractivity contribution < 1.29 is 27.8 Å². The molecule has 2 N–H and O–H groups in total. The number of anilines is 1. The predicted octanol–water partition coefficient (Wildman–Crippen LogP) is 3.59. The van der Waals surface area contributed by atoms with Gasteiger partial charge in [-0.1, -0.05) is 6.92 Å². The van der Waals surface area contributed by atoms with Crippen LogP contribution in [0.25, 0.3) is 0 Å². The number of nitrogens with one attached hydrogen (secondary N) is 1. The molecule has 0 radical (unpaired) electrons. The van der Waals surface area contributed by atoms with Gasteiger partial charge in [0.25, 0.3) is 0 Å². The van der Waals surface area contributed by atoms with E-state index in [-0.39, 0.29) is 11.4 Å². The number of rotatable bonds is 5. The van der Waals surface area contributed by atoms with Crippen LogP contribution < -0.4 is 10.1 Å². The summed E-state index contributed by atoms with van der Waals surface area (Å²) in [6.45, 7) is 2.21. The average Bonchev–Trinajstić information content (AvgIpc) is 2.91. The molecule has 0 spiro atoms. The number of benzene rings is 1. The zero-order valence-corrected chi connectivity index (χ0v) is 12.8. The van der Waals surface area contributed by atoms with Crippen LogP contribution in [0.4, 0.5) is 18.9 Å². The lowest BCUT2D eigenvalue weighted by Crippen LogP contribution is -2.29. The Morgan fingerprint density at radius 3 is 2.70 bits per heavy atom. The molecule has 1 aromatic rings. The molecule has 7 heteroatoms. The number of aliphatic hydroxyl groups is 1. The number of amides is 1. The first kappa shape index (κ1) is 17.6. The van der Waals surface area contributed by atoms with Gasteiger partial charge in [-0.3, -0.25) is 4.79 Å². The molecule has 1 aliphatic carbocycles. The topological polar surface area (TPSA) is 58.6 Å². The van der Waals surface area contributed by atoms with Crippen molar-refractivity contribution in [1.82, 2.24) is 0 Å². The molecule has 1 aromatic carbocycles. The van der Waals surface area contributed by atoms with Gasteiger partial charge in [-0.15, -0.1) is 0 Å². The first-order chi connectivity index (χ1) is 10.8. The van der Waals surface area contributed by atoms with Crippen molar-refractivity contribution in [2.45, 2.75) is 44.9 Å². The Bertz CT molecular complexity index is 560. The largest absolute Gasteiger partial charge is 0.491 e. The van der Waals surface area contributed by atoms with E-state index in [9.17, 15) is 23.1 Å². The van der Waals surface area contributed by atoms with Crippen LogP contribution in [0, 0.1) is 5.92 Å². The predicted molar refractivity (Wildman–Crippen MR) is 79.2 cm³/mol. The molecule has 4 nitrogen and oxygen atoms in total. The van der Waals surface area contributed by atoms with Gasteiger partial charge in [0, 0.05) is 0 Å². The molecule has 23 heavy (non-hydrogen) atoms. The molecule has 2 atom stereocenters. The highest BCUT2D eigenvalue weighted by Gasteiger charge is 2.34. The smallest absolute Gasteiger partial charge is 0.416 e. The lowest BCUT2D eigenvalue weighted by molar-refractivity contribution is -0.137. The van der Waals surface area contributed by atoms with Crippen molar-refractivity contribution in [2.75, 3.05) is 11.9 Å². The van der Waals surface area contributed by atoms with E-state index < -0.39 is 29.7 Å². The summed E-state index contributed by atoms with van der Waals surface area (Å²) in [7, 11) is 0. The van der Waals surface area contributed by atoms with Crippen LogP contribution in [0.3, 0.4) is 0 Å². The number of hydrogen-bond donors (Lipinski definition) is 2. The number of alkyl halides is 3. The molecule has 1 amide bonds. The SMILES string of the molecule is CCCOc1ccc(C(F)(F)F)cc1NC(=O)C1CCCC1O. The van der Waals surface area contributed by atoms with Crippen LogP contribution in [0.2, 0.25) is 0 Å². The maximum Gasteiger partial charge on any atom is 0.416 e. The summed E-state index contributed by atoms with van der Waals surface area (Å²) in [6, 6.07) is 2.99. The Kier molecular flexibility index (Phi) is 5.51. The molecule has 0 aromatic heterocycles. The van der Waals surface area contributed by atoms with E-state index in [0.29, 0.717) is 25.9 Å². The van der Waals surface area contributed by atoms with E-state index >= 15 is 0 Å². The van der Waals surface area contributed by atoms with Gasteiger partial charge in [0.15, 0.2) is 0 Å². The van der Waals surface area contributed by atoms with Crippen LogP contribution >= 0.6 is 0 Å². The fourth-order valence-corrected chi connectivity index (χ4v) is 2.61. The Morgan fingerprint density at radius 2 is 2.13 bits per heavy atom. The Morgan fingerprint density at radius 1 is 1.39 bits per heavy atom. The van der Waals surface area contributed by atoms with Crippen molar-refractivity contribution in [1.29, 1.82) is 0 Å². The van der Waals surface area contributed by atoms with Crippen molar-refractivity contribution in [3.05, 3.63) is 23.8 Å². The third kappa shape index (κ3) is 4.37. The minimum absolute atomic E-state index is 0.0163. The van der Waals surface area contributed by atoms with Crippen LogP contribution in [0.5, 0.6) is 5.75 Å². The highest BCUT2D eigenvalue weighted by molar-refractivity contribution is 5.94. The fourth-order valence-electron chi connectivity index (χ4n) is 2.61. The van der Waals surface area contributed by atoms with Crippen LogP contribution in [0.15, 0.2) is 18.2 Å². The van der Waals surface area contributed by atoms with Gasteiger partial charge in [0.1, 0.15) is 5.75 Å². The van der Waals surface area contributed by atoms with Crippen molar-refractivity contribution in [3.63, 3.8) is 0 Å². The molecule has 2 unspecified atom stereocenters. The molecular weight excluding hydrogens is 311 g/mol. The lowest BCUT2D eigenvalue weighted by Gasteiger charge is -2.18. The quantitative estimate of drug-likeness (QED) is 0.867. The Hall–Kier alpha value is -1.76. The molecule has 1 fully saturated rings. The second kappa shape index (κ2) is 7.21. The zero-order chi connectivity index (χ0) is 17.0. The second-order valence-corrected chi connectivity index (χ2v) is 5.65. The molecule has 0 aliphatic heterocycles. The van der Waals surface area contributed by atoms with Crippen LogP contribution in [-0.2, 0) is 11.0 Å². The first-order valence-electron chi connectivity index (χ1n) is 7.66. The Balaban J connectivity index is 2.23. The molecule has 0 bridgehead atoms. The van der Waals surface area contributed by atoms with Crippen LogP contribution in [-0.4, -0.2) is 23.7 Å². The van der Waals surface area contributed by atoms with Gasteiger partial charge < -0.3 is 15.2 Å². The summed E-state index contributed by atoms with van der Waals surface area (Å²) in [5.74, 6) is -0.875. The molecule has 2 rings (SSSR count). The van der Waals surface area contributed by atoms with Crippen molar-refractivity contribution in [3.8, 4) is 5.75 Å². The lowest BCUT2D eigenvalue weighted by atomic mass is 10.0. The minimum atomic E-state index is -4.50. The van der Waals surface area contributed by atoms with Crippen molar-refractivity contribution in [2.24, 2.45) is 5.92 Å². The summed E-state index contributed by atoms with van der Waals surface area (Å²) in [4.78, 5) is 12.2. The third-order valence-corrected chi connectivity index (χ3v) is 3.84. The zero-order valence-electron chi connectivity index (χ0n) is 12.8. The van der Waals surface area contributed by atoms with Gasteiger partial charge in [0.05, 0.1) is 29.9 Å². The monoisotopic (exact) mass is 331 g/mol. The number of aliphatic hydroxyl groups excluding tert-OH is 1. The van der Waals surface area contributed by atoms with E-state index in [1.807, 2.05) is 6.92 Å². The molecule has 128 valence electrons. The summed E-state index contributed by atoms with van der Waals surface area (Å²) in [6.07, 6.45) is -2.79. The minimum Gasteiger partial charge on any atom is -0.491 e. The summed E-state index contributed by atoms with van der Waals surface area (Å²) in [5.41, 5.74) is -0.874. The van der Waals surface area contributed by atoms with E-state index in [2.05, 4.69) is 5.32 Å². The molecule has 1 saturated carbocycles. The summed E-state index contributed by atoms with van der Waals surface area (Å²) >= 11 is 0. The number of halogens is 3. The maximum absolute atomic E-state index is 12.9. The molecule has 1 aliphatic rings. The summed E-state index contributed by atoms with van der Waals surface area (Å²) in [5, 5.41) is 12.2. The maximum atomic E-state index is 12.9. The molecule has 0 heterocycles. The van der Waals surface area contributed by atoms with Crippen LogP contribution in [0.1, 0.15) is 38.2 Å². The number of carbonyl (C=O) groups excluding carboxylic acids is 1. The van der Waals surface area contributed by atoms with Gasteiger partial charge in [-0.05, 0) is 43.9 Å². The third-order valence-electron chi connectivity index (χ3n) is 3.84. The highest BCUT2D eigenvalue weighted by Crippen LogP contribution is 2.36. The summed E-state index contributed by atoms with van der Waals surface area (Å²) < 4.78 is 44.0. The van der Waals surface area contributed by atoms with Gasteiger partial charge in [-0.25, -0.2) is 0 Å². The molecule has 0 saturated heterocycles. The average molecular weight is 331 g/mol.